The highest BCUT2D eigenvalue weighted by atomic mass is 32.2. The van der Waals surface area contributed by atoms with Crippen LogP contribution in [0.3, 0.4) is 0 Å². The molecular formula is C9H14N2O5S. The average Bonchev–Trinajstić information content (AvgIpc) is 2.66. The van der Waals surface area contributed by atoms with Crippen LogP contribution in [0.5, 0.6) is 0 Å². The Morgan fingerprint density at radius 1 is 1.47 bits per heavy atom. The largest absolute Gasteiger partial charge is 0.480 e. The maximum absolute atomic E-state index is 11.6. The van der Waals surface area contributed by atoms with Gasteiger partial charge in [0.25, 0.3) is 10.0 Å². The first-order valence-electron chi connectivity index (χ1n) is 4.78. The Balaban J connectivity index is 2.69. The van der Waals surface area contributed by atoms with E-state index in [1.165, 1.54) is 26.2 Å². The summed E-state index contributed by atoms with van der Waals surface area (Å²) in [6.07, 6.45) is 0. The summed E-state index contributed by atoms with van der Waals surface area (Å²) in [5.41, 5.74) is 0. The molecule has 0 aromatic carbocycles. The number of nitrogens with zero attached hydrogens (tertiary/aromatic N) is 1. The van der Waals surface area contributed by atoms with Crippen molar-refractivity contribution in [3.63, 3.8) is 0 Å². The summed E-state index contributed by atoms with van der Waals surface area (Å²) in [5.74, 6) is -0.621. The molecule has 0 radical (unpaired) electrons. The molecule has 17 heavy (non-hydrogen) atoms. The van der Waals surface area contributed by atoms with Gasteiger partial charge in [-0.1, -0.05) is 0 Å². The van der Waals surface area contributed by atoms with E-state index in [1.54, 1.807) is 0 Å². The predicted molar refractivity (Wildman–Crippen MR) is 58.9 cm³/mol. The van der Waals surface area contributed by atoms with Crippen LogP contribution >= 0.6 is 0 Å². The molecular weight excluding hydrogens is 248 g/mol. The third kappa shape index (κ3) is 3.55. The molecule has 0 fully saturated rings. The second-order valence-electron chi connectivity index (χ2n) is 3.51. The molecule has 1 aromatic heterocycles. The molecule has 0 bridgehead atoms. The van der Waals surface area contributed by atoms with Gasteiger partial charge in [0.05, 0.1) is 13.1 Å². The van der Waals surface area contributed by atoms with Gasteiger partial charge in [-0.05, 0) is 12.1 Å². The van der Waals surface area contributed by atoms with Gasteiger partial charge >= 0.3 is 5.97 Å². The predicted octanol–water partition coefficient (Wildman–Crippen LogP) is -0.296. The molecule has 0 saturated heterocycles. The van der Waals surface area contributed by atoms with Crippen LogP contribution in [0, 0.1) is 0 Å². The number of carboxylic acid groups (broad SMARTS) is 1. The van der Waals surface area contributed by atoms with Crippen molar-refractivity contribution in [3.05, 3.63) is 17.9 Å². The highest BCUT2D eigenvalue weighted by molar-refractivity contribution is 7.88. The second kappa shape index (κ2) is 5.30. The summed E-state index contributed by atoms with van der Waals surface area (Å²) in [5, 5.41) is 10.8. The maximum atomic E-state index is 11.6. The number of hydrogen-bond acceptors (Lipinski definition) is 5. The number of hydrogen-bond donors (Lipinski definition) is 2. The molecule has 2 N–H and O–H groups in total. The number of sulfonamides is 1. The minimum absolute atomic E-state index is 0.158. The van der Waals surface area contributed by atoms with E-state index in [9.17, 15) is 13.2 Å². The lowest BCUT2D eigenvalue weighted by atomic mass is 10.4. The lowest BCUT2D eigenvalue weighted by Crippen LogP contribution is -2.22. The van der Waals surface area contributed by atoms with E-state index >= 15 is 0 Å². The highest BCUT2D eigenvalue weighted by Gasteiger charge is 2.21. The zero-order valence-electron chi connectivity index (χ0n) is 9.50. The minimum Gasteiger partial charge on any atom is -0.480 e. The summed E-state index contributed by atoms with van der Waals surface area (Å²) < 4.78 is 29.4. The number of carbonyl (C=O) groups is 1. The Kier molecular flexibility index (Phi) is 4.27. The normalized spacial score (nSPS) is 11.9. The molecule has 96 valence electrons. The van der Waals surface area contributed by atoms with Gasteiger partial charge in [0.15, 0.2) is 0 Å². The molecule has 8 heteroatoms. The van der Waals surface area contributed by atoms with Crippen molar-refractivity contribution in [2.45, 2.75) is 11.6 Å². The van der Waals surface area contributed by atoms with Crippen molar-refractivity contribution in [1.29, 1.82) is 0 Å². The standard InChI is InChI=1S/C9H14N2O5S/c1-11(2)17(14,15)9-4-3-7(16-9)5-10-6-8(12)13/h3-4,10H,5-6H2,1-2H3,(H,12,13). The van der Waals surface area contributed by atoms with Gasteiger partial charge in [-0.2, -0.15) is 0 Å². The molecule has 1 aromatic rings. The molecule has 0 spiro atoms. The fourth-order valence-electron chi connectivity index (χ4n) is 1.06. The Morgan fingerprint density at radius 2 is 2.12 bits per heavy atom. The van der Waals surface area contributed by atoms with Crippen molar-refractivity contribution in [3.8, 4) is 0 Å². The Morgan fingerprint density at radius 3 is 2.65 bits per heavy atom. The monoisotopic (exact) mass is 262 g/mol. The van der Waals surface area contributed by atoms with Crippen LogP contribution in [-0.2, 0) is 21.4 Å². The van der Waals surface area contributed by atoms with Gasteiger partial charge in [-0.15, -0.1) is 0 Å². The van der Waals surface area contributed by atoms with Crippen LogP contribution < -0.4 is 5.32 Å². The summed E-state index contributed by atoms with van der Waals surface area (Å²) in [4.78, 5) is 10.2. The summed E-state index contributed by atoms with van der Waals surface area (Å²) in [6, 6.07) is 2.83. The van der Waals surface area contributed by atoms with Gasteiger partial charge in [0.2, 0.25) is 5.09 Å². The Hall–Kier alpha value is -1.38. The lowest BCUT2D eigenvalue weighted by Gasteiger charge is -2.07. The molecule has 1 rings (SSSR count). The third-order valence-electron chi connectivity index (χ3n) is 1.95. The van der Waals surface area contributed by atoms with E-state index < -0.39 is 16.0 Å². The van der Waals surface area contributed by atoms with E-state index in [0.29, 0.717) is 5.76 Å². The van der Waals surface area contributed by atoms with Crippen molar-refractivity contribution in [2.24, 2.45) is 0 Å². The smallest absolute Gasteiger partial charge is 0.317 e. The molecule has 0 atom stereocenters. The average molecular weight is 262 g/mol. The quantitative estimate of drug-likeness (QED) is 0.730. The summed E-state index contributed by atoms with van der Waals surface area (Å²) in [7, 11) is -0.769. The van der Waals surface area contributed by atoms with Crippen LogP contribution in [-0.4, -0.2) is 44.4 Å². The molecule has 0 aliphatic carbocycles. The summed E-state index contributed by atoms with van der Waals surface area (Å²) in [6.45, 7) is -0.0499. The molecule has 1 heterocycles. The van der Waals surface area contributed by atoms with Gasteiger partial charge in [-0.25, -0.2) is 12.7 Å². The first-order valence-corrected chi connectivity index (χ1v) is 6.22. The van der Waals surface area contributed by atoms with Gasteiger partial charge < -0.3 is 9.52 Å². The molecule has 0 amide bonds. The highest BCUT2D eigenvalue weighted by Crippen LogP contribution is 2.16. The zero-order chi connectivity index (χ0) is 13.1. The van der Waals surface area contributed by atoms with Gasteiger partial charge in [-0.3, -0.25) is 10.1 Å². The molecule has 7 nitrogen and oxygen atoms in total. The minimum atomic E-state index is -3.57. The van der Waals surface area contributed by atoms with Crippen LogP contribution in [0.15, 0.2) is 21.6 Å². The molecule has 0 aliphatic rings. The Labute approximate surface area is 99.1 Å². The van der Waals surface area contributed by atoms with Crippen LogP contribution in [0.2, 0.25) is 0 Å². The number of furan rings is 1. The summed E-state index contributed by atoms with van der Waals surface area (Å²) >= 11 is 0. The molecule has 0 saturated carbocycles. The van der Waals surface area contributed by atoms with E-state index in [0.717, 1.165) is 4.31 Å². The van der Waals surface area contributed by atoms with Crippen LogP contribution in [0.4, 0.5) is 0 Å². The maximum Gasteiger partial charge on any atom is 0.317 e. The lowest BCUT2D eigenvalue weighted by molar-refractivity contribution is -0.136. The van der Waals surface area contributed by atoms with Crippen LogP contribution in [0.1, 0.15) is 5.76 Å². The Bertz CT molecular complexity index is 491. The fraction of sp³-hybridized carbons (Fsp3) is 0.444. The van der Waals surface area contributed by atoms with Gasteiger partial charge in [0, 0.05) is 14.1 Å². The van der Waals surface area contributed by atoms with Crippen molar-refractivity contribution < 1.29 is 22.7 Å². The third-order valence-corrected chi connectivity index (χ3v) is 3.64. The number of nitrogens with one attached hydrogen (secondary N) is 1. The SMILES string of the molecule is CN(C)S(=O)(=O)c1ccc(CNCC(=O)O)o1. The fourth-order valence-corrected chi connectivity index (χ4v) is 1.88. The van der Waals surface area contributed by atoms with Crippen LogP contribution in [0.25, 0.3) is 0 Å². The van der Waals surface area contributed by atoms with Crippen molar-refractivity contribution >= 4 is 16.0 Å². The second-order valence-corrected chi connectivity index (χ2v) is 5.59. The molecule has 0 unspecified atom stereocenters. The van der Waals surface area contributed by atoms with E-state index in [-0.39, 0.29) is 18.2 Å². The van der Waals surface area contributed by atoms with Gasteiger partial charge in [0.1, 0.15) is 5.76 Å². The van der Waals surface area contributed by atoms with E-state index in [4.69, 9.17) is 9.52 Å². The topological polar surface area (TPSA) is 99.9 Å². The van der Waals surface area contributed by atoms with Crippen molar-refractivity contribution in [1.82, 2.24) is 9.62 Å². The molecule has 0 aliphatic heterocycles. The first kappa shape index (κ1) is 13.7. The first-order chi connectivity index (χ1) is 7.84. The van der Waals surface area contributed by atoms with E-state index in [1.807, 2.05) is 0 Å². The van der Waals surface area contributed by atoms with Crippen molar-refractivity contribution in [2.75, 3.05) is 20.6 Å². The number of aliphatic carboxylic acids is 1. The van der Waals surface area contributed by atoms with E-state index in [2.05, 4.69) is 5.32 Å². The zero-order valence-corrected chi connectivity index (χ0v) is 10.3. The number of rotatable bonds is 6. The number of carboxylic acids is 1.